The van der Waals surface area contributed by atoms with Gasteiger partial charge in [-0.15, -0.1) is 0 Å². The van der Waals surface area contributed by atoms with Crippen LogP contribution in [0, 0.1) is 0 Å². The fourth-order valence-electron chi connectivity index (χ4n) is 2.69. The minimum atomic E-state index is -4.42. The normalized spacial score (nSPS) is 11.6. The number of alkyl halides is 3. The lowest BCUT2D eigenvalue weighted by atomic mass is 9.99. The molecule has 0 unspecified atom stereocenters. The standard InChI is InChI=1S/C19H21F3O/c20-19(21,22)18-14-17(23)13-12-16(18)11-7-2-1-4-8-15-9-5-3-6-10-15/h3,5-6,9-10,12-14,23H,1-2,4,7-8,11H2. The second-order valence-electron chi connectivity index (χ2n) is 5.74. The Morgan fingerprint density at radius 1 is 0.783 bits per heavy atom. The highest BCUT2D eigenvalue weighted by atomic mass is 19.4. The molecule has 0 saturated carbocycles. The minimum absolute atomic E-state index is 0.262. The number of rotatable bonds is 7. The molecule has 1 N–H and O–H groups in total. The smallest absolute Gasteiger partial charge is 0.416 e. The number of benzene rings is 2. The van der Waals surface area contributed by atoms with Crippen LogP contribution in [0.5, 0.6) is 5.75 Å². The third kappa shape index (κ3) is 5.62. The predicted molar refractivity (Wildman–Crippen MR) is 85.4 cm³/mol. The summed E-state index contributed by atoms with van der Waals surface area (Å²) < 4.78 is 38.8. The number of halogens is 3. The largest absolute Gasteiger partial charge is 0.508 e. The summed E-state index contributed by atoms with van der Waals surface area (Å²) in [4.78, 5) is 0. The molecule has 0 amide bonds. The van der Waals surface area contributed by atoms with Crippen LogP contribution in [0.15, 0.2) is 48.5 Å². The number of aromatic hydroxyl groups is 1. The maximum atomic E-state index is 12.9. The highest BCUT2D eigenvalue weighted by molar-refractivity contribution is 5.36. The van der Waals surface area contributed by atoms with E-state index in [2.05, 4.69) is 12.1 Å². The lowest BCUT2D eigenvalue weighted by Gasteiger charge is -2.13. The number of phenolic OH excluding ortho intramolecular Hbond substituents is 1. The monoisotopic (exact) mass is 322 g/mol. The van der Waals surface area contributed by atoms with Gasteiger partial charge in [-0.2, -0.15) is 13.2 Å². The Bertz CT molecular complexity index is 606. The zero-order chi connectivity index (χ0) is 16.7. The Hall–Kier alpha value is -1.97. The molecular formula is C19H21F3O. The van der Waals surface area contributed by atoms with Gasteiger partial charge in [-0.1, -0.05) is 49.2 Å². The molecule has 0 radical (unpaired) electrons. The van der Waals surface area contributed by atoms with Crippen molar-refractivity contribution in [3.63, 3.8) is 0 Å². The Kier molecular flexibility index (Phi) is 6.08. The number of phenols is 1. The number of hydrogen-bond donors (Lipinski definition) is 1. The third-order valence-electron chi connectivity index (χ3n) is 3.90. The Morgan fingerprint density at radius 2 is 1.43 bits per heavy atom. The highest BCUT2D eigenvalue weighted by Gasteiger charge is 2.33. The van der Waals surface area contributed by atoms with E-state index in [1.165, 1.54) is 17.7 Å². The number of hydrogen-bond acceptors (Lipinski definition) is 1. The maximum Gasteiger partial charge on any atom is 0.416 e. The average Bonchev–Trinajstić information content (AvgIpc) is 2.52. The van der Waals surface area contributed by atoms with Gasteiger partial charge in [0.05, 0.1) is 5.56 Å². The fraction of sp³-hybridized carbons (Fsp3) is 0.368. The van der Waals surface area contributed by atoms with E-state index in [0.717, 1.165) is 38.2 Å². The first-order valence-corrected chi connectivity index (χ1v) is 7.90. The molecule has 0 aliphatic rings. The average molecular weight is 322 g/mol. The quantitative estimate of drug-likeness (QED) is 0.643. The molecule has 0 spiro atoms. The maximum absolute atomic E-state index is 12.9. The molecule has 0 atom stereocenters. The first-order chi connectivity index (χ1) is 11.0. The molecule has 0 aliphatic carbocycles. The number of unbranched alkanes of at least 4 members (excludes halogenated alkanes) is 3. The van der Waals surface area contributed by atoms with E-state index < -0.39 is 11.7 Å². The lowest BCUT2D eigenvalue weighted by molar-refractivity contribution is -0.138. The molecule has 124 valence electrons. The van der Waals surface area contributed by atoms with Gasteiger partial charge in [-0.25, -0.2) is 0 Å². The van der Waals surface area contributed by atoms with Gasteiger partial charge in [0, 0.05) is 0 Å². The van der Waals surface area contributed by atoms with Gasteiger partial charge in [0.25, 0.3) is 0 Å². The summed E-state index contributed by atoms with van der Waals surface area (Å²) in [5, 5.41) is 9.25. The van der Waals surface area contributed by atoms with Crippen LogP contribution in [0.25, 0.3) is 0 Å². The van der Waals surface area contributed by atoms with Crippen LogP contribution in [0.2, 0.25) is 0 Å². The molecule has 2 aromatic carbocycles. The first kappa shape index (κ1) is 17.4. The van der Waals surface area contributed by atoms with Crippen molar-refractivity contribution in [2.75, 3.05) is 0 Å². The summed E-state index contributed by atoms with van der Waals surface area (Å²) in [7, 11) is 0. The van der Waals surface area contributed by atoms with E-state index in [0.29, 0.717) is 6.42 Å². The van der Waals surface area contributed by atoms with E-state index >= 15 is 0 Å². The van der Waals surface area contributed by atoms with Crippen molar-refractivity contribution in [1.29, 1.82) is 0 Å². The molecule has 2 aromatic rings. The molecule has 0 saturated heterocycles. The summed E-state index contributed by atoms with van der Waals surface area (Å²) in [6.07, 6.45) is 0.670. The third-order valence-corrected chi connectivity index (χ3v) is 3.90. The van der Waals surface area contributed by atoms with E-state index in [9.17, 15) is 18.3 Å². The van der Waals surface area contributed by atoms with E-state index in [4.69, 9.17) is 0 Å². The molecule has 2 rings (SSSR count). The molecule has 0 heterocycles. The number of aryl methyl sites for hydroxylation is 2. The molecule has 4 heteroatoms. The van der Waals surface area contributed by atoms with Crippen LogP contribution < -0.4 is 0 Å². The van der Waals surface area contributed by atoms with Crippen LogP contribution in [-0.4, -0.2) is 5.11 Å². The topological polar surface area (TPSA) is 20.2 Å². The molecule has 1 nitrogen and oxygen atoms in total. The molecule has 0 bridgehead atoms. The Morgan fingerprint density at radius 3 is 2.09 bits per heavy atom. The van der Waals surface area contributed by atoms with E-state index in [1.807, 2.05) is 18.2 Å². The van der Waals surface area contributed by atoms with Crippen molar-refractivity contribution in [2.24, 2.45) is 0 Å². The Balaban J connectivity index is 1.76. The zero-order valence-electron chi connectivity index (χ0n) is 12.9. The van der Waals surface area contributed by atoms with Crippen molar-refractivity contribution in [3.05, 3.63) is 65.2 Å². The minimum Gasteiger partial charge on any atom is -0.508 e. The van der Waals surface area contributed by atoms with Gasteiger partial charge in [-0.05, 0) is 48.9 Å². The van der Waals surface area contributed by atoms with Crippen molar-refractivity contribution < 1.29 is 18.3 Å². The fourth-order valence-corrected chi connectivity index (χ4v) is 2.69. The van der Waals surface area contributed by atoms with Gasteiger partial charge < -0.3 is 5.11 Å². The molecule has 0 aliphatic heterocycles. The van der Waals surface area contributed by atoms with Gasteiger partial charge in [-0.3, -0.25) is 0 Å². The highest BCUT2D eigenvalue weighted by Crippen LogP contribution is 2.34. The van der Waals surface area contributed by atoms with Gasteiger partial charge in [0.1, 0.15) is 5.75 Å². The summed E-state index contributed by atoms with van der Waals surface area (Å²) >= 11 is 0. The summed E-state index contributed by atoms with van der Waals surface area (Å²) in [6.45, 7) is 0. The van der Waals surface area contributed by atoms with Crippen LogP contribution in [-0.2, 0) is 19.0 Å². The van der Waals surface area contributed by atoms with Crippen LogP contribution in [0.4, 0.5) is 13.2 Å². The van der Waals surface area contributed by atoms with Gasteiger partial charge in [0.2, 0.25) is 0 Å². The van der Waals surface area contributed by atoms with Crippen LogP contribution in [0.3, 0.4) is 0 Å². The summed E-state index contributed by atoms with van der Waals surface area (Å²) in [5.74, 6) is -0.344. The van der Waals surface area contributed by atoms with E-state index in [1.54, 1.807) is 0 Å². The van der Waals surface area contributed by atoms with Gasteiger partial charge in [0.15, 0.2) is 0 Å². The second kappa shape index (κ2) is 8.04. The van der Waals surface area contributed by atoms with Crippen molar-refractivity contribution in [2.45, 2.75) is 44.7 Å². The zero-order valence-corrected chi connectivity index (χ0v) is 12.9. The van der Waals surface area contributed by atoms with Crippen LogP contribution in [0.1, 0.15) is 42.4 Å². The lowest BCUT2D eigenvalue weighted by Crippen LogP contribution is -2.09. The first-order valence-electron chi connectivity index (χ1n) is 7.90. The Labute approximate surface area is 134 Å². The predicted octanol–water partition coefficient (Wildman–Crippen LogP) is 5.76. The van der Waals surface area contributed by atoms with Crippen LogP contribution >= 0.6 is 0 Å². The molecule has 0 fully saturated rings. The van der Waals surface area contributed by atoms with Crippen molar-refractivity contribution in [3.8, 4) is 5.75 Å². The molecular weight excluding hydrogens is 301 g/mol. The summed E-state index contributed by atoms with van der Waals surface area (Å²) in [6, 6.07) is 13.7. The molecule has 0 aromatic heterocycles. The van der Waals surface area contributed by atoms with Gasteiger partial charge >= 0.3 is 6.18 Å². The SMILES string of the molecule is Oc1ccc(CCCCCCc2ccccc2)c(C(F)(F)F)c1. The van der Waals surface area contributed by atoms with Crippen molar-refractivity contribution >= 4 is 0 Å². The van der Waals surface area contributed by atoms with E-state index in [-0.39, 0.29) is 11.3 Å². The van der Waals surface area contributed by atoms with Crippen molar-refractivity contribution in [1.82, 2.24) is 0 Å². The molecule has 23 heavy (non-hydrogen) atoms. The second-order valence-corrected chi connectivity index (χ2v) is 5.74. The summed E-state index contributed by atoms with van der Waals surface area (Å²) in [5.41, 5.74) is 0.838.